The van der Waals surface area contributed by atoms with Crippen molar-refractivity contribution in [3.63, 3.8) is 0 Å². The number of fused-ring (bicyclic) bond motifs is 2. The highest BCUT2D eigenvalue weighted by molar-refractivity contribution is 6.01. The Morgan fingerprint density at radius 3 is 2.26 bits per heavy atom. The molecule has 0 atom stereocenters. The number of aromatic nitrogens is 5. The van der Waals surface area contributed by atoms with Gasteiger partial charge in [-0.15, -0.1) is 0 Å². The Balaban J connectivity index is 1.33. The number of likely N-dealkylation sites (N-methyl/N-ethyl adjacent to an activating group) is 2. The molecule has 0 bridgehead atoms. The molecule has 2 aromatic carbocycles. The summed E-state index contributed by atoms with van der Waals surface area (Å²) < 4.78 is 26.4. The molecule has 4 aromatic heterocycles. The number of rotatable bonds is 11. The Bertz CT molecular complexity index is 1880. The molecule has 0 saturated heterocycles. The van der Waals surface area contributed by atoms with Crippen LogP contribution in [0.4, 0.5) is 4.39 Å². The molecule has 0 spiro atoms. The Morgan fingerprint density at radius 1 is 0.721 bits per heavy atom. The summed E-state index contributed by atoms with van der Waals surface area (Å²) in [5, 5.41) is 9.61. The van der Waals surface area contributed by atoms with Crippen molar-refractivity contribution in [3.05, 3.63) is 79.0 Å². The summed E-state index contributed by atoms with van der Waals surface area (Å²) in [5.41, 5.74) is 6.64. The predicted octanol–water partition coefficient (Wildman–Crippen LogP) is 5.86. The van der Waals surface area contributed by atoms with Crippen LogP contribution in [0.3, 0.4) is 0 Å². The lowest BCUT2D eigenvalue weighted by molar-refractivity contribution is 0.260. The number of benzene rings is 2. The van der Waals surface area contributed by atoms with Gasteiger partial charge >= 0.3 is 0 Å². The topological polar surface area (TPSA) is 95.2 Å². The van der Waals surface area contributed by atoms with Crippen LogP contribution in [0.2, 0.25) is 0 Å². The molecule has 9 nitrogen and oxygen atoms in total. The number of pyridine rings is 2. The van der Waals surface area contributed by atoms with Gasteiger partial charge < -0.3 is 24.3 Å². The Kier molecular flexibility index (Phi) is 8.04. The number of nitrogens with one attached hydrogen (secondary N) is 2. The van der Waals surface area contributed by atoms with E-state index in [0.717, 1.165) is 63.2 Å². The van der Waals surface area contributed by atoms with E-state index in [1.165, 1.54) is 12.1 Å². The molecular formula is C33H34FN7O2. The number of nitrogens with zero attached hydrogens (tertiary/aromatic N) is 5. The summed E-state index contributed by atoms with van der Waals surface area (Å²) in [4.78, 5) is 16.6. The van der Waals surface area contributed by atoms with Crippen molar-refractivity contribution in [1.82, 2.24) is 34.9 Å². The van der Waals surface area contributed by atoms with Gasteiger partial charge in [-0.3, -0.25) is 15.1 Å². The maximum absolute atomic E-state index is 14.6. The minimum Gasteiger partial charge on any atom is -0.492 e. The molecular weight excluding hydrogens is 545 g/mol. The third-order valence-electron chi connectivity index (χ3n) is 7.17. The first-order valence-electron chi connectivity index (χ1n) is 14.1. The molecule has 10 heteroatoms. The van der Waals surface area contributed by atoms with Gasteiger partial charge in [0.15, 0.2) is 0 Å². The minimum atomic E-state index is -0.376. The quantitative estimate of drug-likeness (QED) is 0.199. The molecule has 4 heterocycles. The van der Waals surface area contributed by atoms with Gasteiger partial charge in [-0.2, -0.15) is 5.10 Å². The second kappa shape index (κ2) is 12.2. The SMILES string of the molecule is CN(C)CCOc1cncc(-c2ccc3[nH]nc(-c4cc5c(-c6cc(F)cc(OCCN(C)C)c6)nccc5[nH]4)c3c2)c1. The molecule has 0 aliphatic carbocycles. The molecule has 0 radical (unpaired) electrons. The van der Waals surface area contributed by atoms with Crippen LogP contribution in [-0.2, 0) is 0 Å². The molecule has 2 N–H and O–H groups in total. The molecule has 6 rings (SSSR count). The van der Waals surface area contributed by atoms with Crippen molar-refractivity contribution in [2.75, 3.05) is 54.5 Å². The maximum atomic E-state index is 14.6. The smallest absolute Gasteiger partial charge is 0.138 e. The van der Waals surface area contributed by atoms with E-state index >= 15 is 0 Å². The Morgan fingerprint density at radius 2 is 1.47 bits per heavy atom. The lowest BCUT2D eigenvalue weighted by Gasteiger charge is -2.12. The molecule has 43 heavy (non-hydrogen) atoms. The van der Waals surface area contributed by atoms with Gasteiger partial charge in [0.05, 0.1) is 23.1 Å². The highest BCUT2D eigenvalue weighted by Crippen LogP contribution is 2.35. The number of halogens is 1. The van der Waals surface area contributed by atoms with E-state index in [-0.39, 0.29) is 5.82 Å². The van der Waals surface area contributed by atoms with Crippen molar-refractivity contribution in [3.8, 4) is 45.3 Å². The van der Waals surface area contributed by atoms with Gasteiger partial charge in [-0.05, 0) is 76.2 Å². The molecule has 0 aliphatic heterocycles. The standard InChI is InChI=1S/C33H34FN7O2/c1-40(2)9-11-42-25-14-22(13-24(34)17-25)32-28-18-31(37-29(28)7-8-36-32)33-27-16-21(5-6-30(27)38-39-33)23-15-26(20-35-19-23)43-12-10-41(3)4/h5-8,13-20,37H,9-12H2,1-4H3,(H,38,39). The Hall–Kier alpha value is -4.80. The number of ether oxygens (including phenoxy) is 2. The van der Waals surface area contributed by atoms with Crippen molar-refractivity contribution in [2.24, 2.45) is 0 Å². The Labute approximate surface area is 249 Å². The second-order valence-corrected chi connectivity index (χ2v) is 11.0. The largest absolute Gasteiger partial charge is 0.492 e. The third-order valence-corrected chi connectivity index (χ3v) is 7.17. The van der Waals surface area contributed by atoms with E-state index in [0.29, 0.717) is 30.2 Å². The minimum absolute atomic E-state index is 0.376. The molecule has 0 saturated carbocycles. The molecule has 0 aliphatic rings. The van der Waals surface area contributed by atoms with Crippen LogP contribution in [0.25, 0.3) is 55.6 Å². The summed E-state index contributed by atoms with van der Waals surface area (Å²) in [6, 6.07) is 16.8. The molecule has 0 unspecified atom stereocenters. The first kappa shape index (κ1) is 28.3. The zero-order valence-corrected chi connectivity index (χ0v) is 24.7. The fraction of sp³-hybridized carbons (Fsp3) is 0.242. The molecule has 220 valence electrons. The van der Waals surface area contributed by atoms with Gasteiger partial charge in [-0.25, -0.2) is 4.39 Å². The number of hydrogen-bond donors (Lipinski definition) is 2. The predicted molar refractivity (Wildman–Crippen MR) is 168 cm³/mol. The fourth-order valence-corrected chi connectivity index (χ4v) is 4.94. The van der Waals surface area contributed by atoms with Crippen molar-refractivity contribution < 1.29 is 13.9 Å². The van der Waals surface area contributed by atoms with Crippen LogP contribution in [0, 0.1) is 5.82 Å². The van der Waals surface area contributed by atoms with Crippen molar-refractivity contribution >= 4 is 21.8 Å². The van der Waals surface area contributed by atoms with E-state index < -0.39 is 0 Å². The number of H-pyrrole nitrogens is 2. The van der Waals surface area contributed by atoms with Crippen LogP contribution in [0.1, 0.15) is 0 Å². The normalized spacial score (nSPS) is 11.7. The average Bonchev–Trinajstić information content (AvgIpc) is 3.60. The second-order valence-electron chi connectivity index (χ2n) is 11.0. The summed E-state index contributed by atoms with van der Waals surface area (Å²) in [6.45, 7) is 2.59. The average molecular weight is 580 g/mol. The van der Waals surface area contributed by atoms with Gasteiger partial charge in [0.2, 0.25) is 0 Å². The van der Waals surface area contributed by atoms with E-state index in [4.69, 9.17) is 9.47 Å². The number of hydrogen-bond acceptors (Lipinski definition) is 7. The molecule has 0 amide bonds. The van der Waals surface area contributed by atoms with E-state index in [9.17, 15) is 4.39 Å². The van der Waals surface area contributed by atoms with Gasteiger partial charge in [0.25, 0.3) is 0 Å². The van der Waals surface area contributed by atoms with E-state index in [1.807, 2.05) is 75.7 Å². The van der Waals surface area contributed by atoms with Gasteiger partial charge in [-0.1, -0.05) is 6.07 Å². The van der Waals surface area contributed by atoms with Crippen LogP contribution in [0.5, 0.6) is 11.5 Å². The first-order valence-corrected chi connectivity index (χ1v) is 14.1. The van der Waals surface area contributed by atoms with Crippen LogP contribution < -0.4 is 9.47 Å². The zero-order chi connectivity index (χ0) is 29.9. The molecule has 6 aromatic rings. The summed E-state index contributed by atoms with van der Waals surface area (Å²) in [5.74, 6) is 0.824. The van der Waals surface area contributed by atoms with E-state index in [1.54, 1.807) is 12.4 Å². The fourth-order valence-electron chi connectivity index (χ4n) is 4.94. The molecule has 0 fully saturated rings. The zero-order valence-electron chi connectivity index (χ0n) is 24.7. The van der Waals surface area contributed by atoms with Crippen molar-refractivity contribution in [1.29, 1.82) is 0 Å². The van der Waals surface area contributed by atoms with Crippen LogP contribution in [-0.4, -0.2) is 89.4 Å². The first-order chi connectivity index (χ1) is 20.8. The summed E-state index contributed by atoms with van der Waals surface area (Å²) >= 11 is 0. The lowest BCUT2D eigenvalue weighted by Crippen LogP contribution is -2.19. The van der Waals surface area contributed by atoms with Gasteiger partial charge in [0, 0.05) is 59.0 Å². The van der Waals surface area contributed by atoms with Gasteiger partial charge in [0.1, 0.15) is 36.2 Å². The summed E-state index contributed by atoms with van der Waals surface area (Å²) in [7, 11) is 7.97. The van der Waals surface area contributed by atoms with Crippen LogP contribution >= 0.6 is 0 Å². The van der Waals surface area contributed by atoms with E-state index in [2.05, 4.69) is 36.1 Å². The monoisotopic (exact) mass is 579 g/mol. The number of aromatic amines is 2. The highest BCUT2D eigenvalue weighted by Gasteiger charge is 2.16. The van der Waals surface area contributed by atoms with Crippen molar-refractivity contribution in [2.45, 2.75) is 0 Å². The summed E-state index contributed by atoms with van der Waals surface area (Å²) in [6.07, 6.45) is 5.28. The lowest BCUT2D eigenvalue weighted by atomic mass is 10.0. The maximum Gasteiger partial charge on any atom is 0.138 e. The van der Waals surface area contributed by atoms with Crippen LogP contribution in [0.15, 0.2) is 73.2 Å². The third kappa shape index (κ3) is 6.35. The highest BCUT2D eigenvalue weighted by atomic mass is 19.1.